The standard InChI is InChI=1S/C11H15NO/c1-9-6-10(8-13)7-12(9)11-4-2-3-5-11/h6-8,11H,2-5H2,1H3. The number of nitrogens with zero attached hydrogens (tertiary/aromatic N) is 1. The van der Waals surface area contributed by atoms with Crippen LogP contribution in [0, 0.1) is 6.92 Å². The molecule has 2 heteroatoms. The van der Waals surface area contributed by atoms with Gasteiger partial charge in [0.15, 0.2) is 6.29 Å². The van der Waals surface area contributed by atoms with Crippen molar-refractivity contribution in [2.75, 3.05) is 0 Å². The van der Waals surface area contributed by atoms with E-state index in [-0.39, 0.29) is 0 Å². The molecule has 13 heavy (non-hydrogen) atoms. The first-order chi connectivity index (χ1) is 6.31. The average molecular weight is 177 g/mol. The summed E-state index contributed by atoms with van der Waals surface area (Å²) in [6.07, 6.45) is 8.12. The molecule has 1 aliphatic carbocycles. The maximum absolute atomic E-state index is 10.6. The van der Waals surface area contributed by atoms with Gasteiger partial charge in [-0.3, -0.25) is 4.79 Å². The Morgan fingerprint density at radius 3 is 2.69 bits per heavy atom. The summed E-state index contributed by atoms with van der Waals surface area (Å²) in [7, 11) is 0. The van der Waals surface area contributed by atoms with Crippen LogP contribution >= 0.6 is 0 Å². The Hall–Kier alpha value is -1.05. The molecular weight excluding hydrogens is 162 g/mol. The highest BCUT2D eigenvalue weighted by atomic mass is 16.1. The minimum absolute atomic E-state index is 0.647. The van der Waals surface area contributed by atoms with Crippen molar-refractivity contribution in [3.63, 3.8) is 0 Å². The molecule has 1 aliphatic rings. The van der Waals surface area contributed by atoms with E-state index in [1.165, 1.54) is 31.4 Å². The number of aldehydes is 1. The van der Waals surface area contributed by atoms with Gasteiger partial charge in [0.2, 0.25) is 0 Å². The predicted octanol–water partition coefficient (Wildman–Crippen LogP) is 2.72. The molecule has 0 radical (unpaired) electrons. The van der Waals surface area contributed by atoms with Gasteiger partial charge >= 0.3 is 0 Å². The number of aryl methyl sites for hydroxylation is 1. The number of hydrogen-bond donors (Lipinski definition) is 0. The molecule has 2 rings (SSSR count). The van der Waals surface area contributed by atoms with Crippen molar-refractivity contribution < 1.29 is 4.79 Å². The van der Waals surface area contributed by atoms with Crippen molar-refractivity contribution in [2.24, 2.45) is 0 Å². The summed E-state index contributed by atoms with van der Waals surface area (Å²) < 4.78 is 2.26. The minimum atomic E-state index is 0.647. The van der Waals surface area contributed by atoms with Crippen LogP contribution in [-0.2, 0) is 0 Å². The fourth-order valence-electron chi connectivity index (χ4n) is 2.26. The second-order valence-corrected chi connectivity index (χ2v) is 3.88. The molecule has 0 saturated heterocycles. The number of rotatable bonds is 2. The summed E-state index contributed by atoms with van der Waals surface area (Å²) in [5.41, 5.74) is 2.03. The first-order valence-corrected chi connectivity index (χ1v) is 4.95. The molecular formula is C11H15NO. The summed E-state index contributed by atoms with van der Waals surface area (Å²) in [5.74, 6) is 0. The van der Waals surface area contributed by atoms with E-state index >= 15 is 0 Å². The maximum Gasteiger partial charge on any atom is 0.151 e. The van der Waals surface area contributed by atoms with E-state index < -0.39 is 0 Å². The zero-order chi connectivity index (χ0) is 9.26. The molecule has 0 aromatic carbocycles. The van der Waals surface area contributed by atoms with Gasteiger partial charge in [-0.25, -0.2) is 0 Å². The van der Waals surface area contributed by atoms with Crippen LogP contribution in [-0.4, -0.2) is 10.9 Å². The van der Waals surface area contributed by atoms with E-state index in [2.05, 4.69) is 11.5 Å². The number of carbonyl (C=O) groups excluding carboxylic acids is 1. The van der Waals surface area contributed by atoms with Crippen LogP contribution < -0.4 is 0 Å². The average Bonchev–Trinajstić information content (AvgIpc) is 2.72. The SMILES string of the molecule is Cc1cc(C=O)cn1C1CCCC1. The van der Waals surface area contributed by atoms with Crippen LogP contribution in [0.4, 0.5) is 0 Å². The first kappa shape index (κ1) is 8.54. The Morgan fingerprint density at radius 1 is 1.46 bits per heavy atom. The van der Waals surface area contributed by atoms with Crippen LogP contribution in [0.3, 0.4) is 0 Å². The third-order valence-electron chi connectivity index (χ3n) is 2.93. The Kier molecular flexibility index (Phi) is 2.21. The smallest absolute Gasteiger partial charge is 0.151 e. The van der Waals surface area contributed by atoms with Gasteiger partial charge in [0.05, 0.1) is 0 Å². The molecule has 2 nitrogen and oxygen atoms in total. The molecule has 1 heterocycles. The third-order valence-corrected chi connectivity index (χ3v) is 2.93. The van der Waals surface area contributed by atoms with Crippen LogP contribution in [0.15, 0.2) is 12.3 Å². The lowest BCUT2D eigenvalue weighted by atomic mass is 10.2. The highest BCUT2D eigenvalue weighted by molar-refractivity contribution is 5.74. The second-order valence-electron chi connectivity index (χ2n) is 3.88. The summed E-state index contributed by atoms with van der Waals surface area (Å²) >= 11 is 0. The van der Waals surface area contributed by atoms with Crippen LogP contribution in [0.5, 0.6) is 0 Å². The molecule has 0 atom stereocenters. The molecule has 1 aromatic heterocycles. The molecule has 70 valence electrons. The predicted molar refractivity (Wildman–Crippen MR) is 52.1 cm³/mol. The quantitative estimate of drug-likeness (QED) is 0.637. The van der Waals surface area contributed by atoms with Crippen LogP contribution in [0.2, 0.25) is 0 Å². The van der Waals surface area contributed by atoms with Crippen molar-refractivity contribution in [2.45, 2.75) is 38.6 Å². The second kappa shape index (κ2) is 3.36. The highest BCUT2D eigenvalue weighted by Gasteiger charge is 2.17. The molecule has 1 fully saturated rings. The monoisotopic (exact) mass is 177 g/mol. The topological polar surface area (TPSA) is 22.0 Å². The maximum atomic E-state index is 10.6. The minimum Gasteiger partial charge on any atom is -0.348 e. The lowest BCUT2D eigenvalue weighted by Crippen LogP contribution is -2.04. The molecule has 0 aliphatic heterocycles. The van der Waals surface area contributed by atoms with Gasteiger partial charge in [-0.05, 0) is 25.8 Å². The van der Waals surface area contributed by atoms with E-state index in [1.54, 1.807) is 0 Å². The van der Waals surface area contributed by atoms with E-state index in [4.69, 9.17) is 0 Å². The van der Waals surface area contributed by atoms with Crippen LogP contribution in [0.1, 0.15) is 47.8 Å². The zero-order valence-electron chi connectivity index (χ0n) is 7.99. The fourth-order valence-corrected chi connectivity index (χ4v) is 2.26. The van der Waals surface area contributed by atoms with E-state index in [1.807, 2.05) is 12.3 Å². The molecule has 0 N–H and O–H groups in total. The number of aromatic nitrogens is 1. The van der Waals surface area contributed by atoms with Crippen molar-refractivity contribution in [1.29, 1.82) is 0 Å². The fraction of sp³-hybridized carbons (Fsp3) is 0.545. The summed E-state index contributed by atoms with van der Waals surface area (Å²) in [5, 5.41) is 0. The van der Waals surface area contributed by atoms with Gasteiger partial charge in [-0.1, -0.05) is 12.8 Å². The zero-order valence-corrected chi connectivity index (χ0v) is 7.99. The molecule has 0 spiro atoms. The van der Waals surface area contributed by atoms with Gasteiger partial charge in [0.1, 0.15) is 0 Å². The Bertz CT molecular complexity index is 308. The van der Waals surface area contributed by atoms with E-state index in [0.29, 0.717) is 6.04 Å². The number of carbonyl (C=O) groups is 1. The van der Waals surface area contributed by atoms with Gasteiger partial charge in [0.25, 0.3) is 0 Å². The van der Waals surface area contributed by atoms with Crippen molar-refractivity contribution in [3.8, 4) is 0 Å². The Balaban J connectivity index is 2.27. The molecule has 0 unspecified atom stereocenters. The Morgan fingerprint density at radius 2 is 2.15 bits per heavy atom. The van der Waals surface area contributed by atoms with E-state index in [9.17, 15) is 4.79 Å². The first-order valence-electron chi connectivity index (χ1n) is 4.95. The molecule has 1 aromatic rings. The van der Waals surface area contributed by atoms with Gasteiger partial charge in [-0.2, -0.15) is 0 Å². The summed E-state index contributed by atoms with van der Waals surface area (Å²) in [6, 6.07) is 2.61. The lowest BCUT2D eigenvalue weighted by molar-refractivity contribution is 0.112. The van der Waals surface area contributed by atoms with E-state index in [0.717, 1.165) is 11.8 Å². The molecule has 1 saturated carbocycles. The lowest BCUT2D eigenvalue weighted by Gasteiger charge is -2.13. The Labute approximate surface area is 78.6 Å². The number of hydrogen-bond acceptors (Lipinski definition) is 1. The van der Waals surface area contributed by atoms with Gasteiger partial charge in [0, 0.05) is 23.5 Å². The van der Waals surface area contributed by atoms with Gasteiger partial charge < -0.3 is 4.57 Å². The van der Waals surface area contributed by atoms with Crippen molar-refractivity contribution in [1.82, 2.24) is 4.57 Å². The van der Waals surface area contributed by atoms with Crippen molar-refractivity contribution >= 4 is 6.29 Å². The largest absolute Gasteiger partial charge is 0.348 e. The van der Waals surface area contributed by atoms with Crippen molar-refractivity contribution in [3.05, 3.63) is 23.5 Å². The summed E-state index contributed by atoms with van der Waals surface area (Å²) in [4.78, 5) is 10.6. The third kappa shape index (κ3) is 1.53. The molecule has 0 amide bonds. The normalized spacial score (nSPS) is 17.9. The highest BCUT2D eigenvalue weighted by Crippen LogP contribution is 2.30. The summed E-state index contributed by atoms with van der Waals surface area (Å²) in [6.45, 7) is 2.07. The molecule has 0 bridgehead atoms. The van der Waals surface area contributed by atoms with Gasteiger partial charge in [-0.15, -0.1) is 0 Å². The van der Waals surface area contributed by atoms with Crippen LogP contribution in [0.25, 0.3) is 0 Å².